The largest absolute Gasteiger partial charge is 0.508 e. The minimum absolute atomic E-state index is 0.226. The van der Waals surface area contributed by atoms with Gasteiger partial charge in [-0.3, -0.25) is 9.78 Å². The molecule has 150 valence electrons. The number of anilines is 1. The highest BCUT2D eigenvalue weighted by Crippen LogP contribution is 2.23. The van der Waals surface area contributed by atoms with E-state index in [4.69, 9.17) is 4.74 Å². The Bertz CT molecular complexity index is 991. The third kappa shape index (κ3) is 6.06. The number of carbonyl (C=O) groups is 1. The predicted octanol–water partition coefficient (Wildman–Crippen LogP) is 5.72. The summed E-state index contributed by atoms with van der Waals surface area (Å²) in [5, 5.41) is 12.9. The zero-order valence-corrected chi connectivity index (χ0v) is 17.8. The zero-order chi connectivity index (χ0) is 20.6. The molecule has 0 aliphatic heterocycles. The van der Waals surface area contributed by atoms with E-state index in [1.807, 2.05) is 24.3 Å². The van der Waals surface area contributed by atoms with Crippen molar-refractivity contribution >= 4 is 27.5 Å². The van der Waals surface area contributed by atoms with Crippen LogP contribution in [-0.2, 0) is 13.0 Å². The Hall–Kier alpha value is -2.86. The molecule has 0 unspecified atom stereocenters. The van der Waals surface area contributed by atoms with E-state index in [9.17, 15) is 9.90 Å². The fourth-order valence-electron chi connectivity index (χ4n) is 2.86. The number of rotatable bonds is 8. The fraction of sp³-hybridized carbons (Fsp3) is 0.217. The smallest absolute Gasteiger partial charge is 0.255 e. The Kier molecular flexibility index (Phi) is 7.25. The second-order valence-corrected chi connectivity index (χ2v) is 7.64. The third-order valence-electron chi connectivity index (χ3n) is 4.40. The Labute approximate surface area is 178 Å². The minimum Gasteiger partial charge on any atom is -0.508 e. The lowest BCUT2D eigenvalue weighted by molar-refractivity contribution is 0.102. The van der Waals surface area contributed by atoms with E-state index in [-0.39, 0.29) is 11.7 Å². The number of hydrogen-bond acceptors (Lipinski definition) is 4. The summed E-state index contributed by atoms with van der Waals surface area (Å²) in [5.74, 6) is 0.653. The molecule has 0 aliphatic carbocycles. The highest BCUT2D eigenvalue weighted by Gasteiger charge is 2.10. The summed E-state index contributed by atoms with van der Waals surface area (Å²) in [4.78, 5) is 16.7. The van der Waals surface area contributed by atoms with Crippen LogP contribution in [0.4, 0.5) is 5.69 Å². The number of ether oxygens (including phenoxy) is 1. The Morgan fingerprint density at radius 3 is 2.83 bits per heavy atom. The molecule has 1 amide bonds. The van der Waals surface area contributed by atoms with Gasteiger partial charge in [0.25, 0.3) is 5.91 Å². The van der Waals surface area contributed by atoms with Crippen LogP contribution in [0.3, 0.4) is 0 Å². The number of nitrogens with one attached hydrogen (secondary N) is 1. The van der Waals surface area contributed by atoms with Crippen LogP contribution in [0.15, 0.2) is 65.4 Å². The molecule has 0 saturated heterocycles. The average molecular weight is 455 g/mol. The maximum absolute atomic E-state index is 12.6. The molecule has 29 heavy (non-hydrogen) atoms. The van der Waals surface area contributed by atoms with Crippen molar-refractivity contribution in [3.8, 4) is 11.5 Å². The van der Waals surface area contributed by atoms with Crippen molar-refractivity contribution in [2.45, 2.75) is 32.8 Å². The lowest BCUT2D eigenvalue weighted by atomic mass is 10.0. The van der Waals surface area contributed by atoms with Crippen LogP contribution >= 0.6 is 15.9 Å². The van der Waals surface area contributed by atoms with E-state index < -0.39 is 0 Å². The van der Waals surface area contributed by atoms with Crippen molar-refractivity contribution in [1.82, 2.24) is 4.98 Å². The molecule has 2 N–H and O–H groups in total. The third-order valence-corrected chi connectivity index (χ3v) is 4.83. The minimum atomic E-state index is -0.226. The molecule has 6 heteroatoms. The summed E-state index contributed by atoms with van der Waals surface area (Å²) >= 11 is 3.39. The highest BCUT2D eigenvalue weighted by atomic mass is 79.9. The lowest BCUT2D eigenvalue weighted by Crippen LogP contribution is -2.12. The molecule has 2 aromatic carbocycles. The molecular formula is C23H23BrN2O3. The van der Waals surface area contributed by atoms with Crippen molar-refractivity contribution in [3.05, 3.63) is 82.1 Å². The van der Waals surface area contributed by atoms with Gasteiger partial charge >= 0.3 is 0 Å². The molecule has 0 spiro atoms. The number of phenolic OH excluding ortho intramolecular Hbond substituents is 1. The van der Waals surface area contributed by atoms with Crippen molar-refractivity contribution in [2.24, 2.45) is 0 Å². The number of halogens is 1. The van der Waals surface area contributed by atoms with E-state index in [0.29, 0.717) is 23.6 Å². The second kappa shape index (κ2) is 10.1. The quantitative estimate of drug-likeness (QED) is 0.456. The number of benzene rings is 2. The highest BCUT2D eigenvalue weighted by molar-refractivity contribution is 9.10. The SMILES string of the molecule is CCCCc1cc(C(=O)Nc2cccc(OCc3cncc(Br)c3)c2)ccc1O. The van der Waals surface area contributed by atoms with E-state index in [1.54, 1.807) is 36.7 Å². The van der Waals surface area contributed by atoms with Gasteiger partial charge in [-0.1, -0.05) is 19.4 Å². The number of pyridine rings is 1. The van der Waals surface area contributed by atoms with Crippen LogP contribution in [-0.4, -0.2) is 16.0 Å². The van der Waals surface area contributed by atoms with Crippen LogP contribution < -0.4 is 10.1 Å². The second-order valence-electron chi connectivity index (χ2n) is 6.73. The van der Waals surface area contributed by atoms with Gasteiger partial charge in [-0.25, -0.2) is 0 Å². The summed E-state index contributed by atoms with van der Waals surface area (Å²) in [5.41, 5.74) is 2.89. The standard InChI is InChI=1S/C23H23BrN2O3/c1-2-3-5-17-11-18(8-9-22(17)27)23(28)26-20-6-4-7-21(12-20)29-15-16-10-19(24)14-25-13-16/h4,6-14,27H,2-3,5,15H2,1H3,(H,26,28). The maximum atomic E-state index is 12.6. The monoisotopic (exact) mass is 454 g/mol. The van der Waals surface area contributed by atoms with Gasteiger partial charge in [0, 0.05) is 39.7 Å². The molecule has 0 atom stereocenters. The summed E-state index contributed by atoms with van der Waals surface area (Å²) < 4.78 is 6.70. The van der Waals surface area contributed by atoms with Gasteiger partial charge in [0.15, 0.2) is 0 Å². The van der Waals surface area contributed by atoms with Crippen LogP contribution in [0.25, 0.3) is 0 Å². The number of carbonyl (C=O) groups excluding carboxylic acids is 1. The topological polar surface area (TPSA) is 71.5 Å². The summed E-state index contributed by atoms with van der Waals surface area (Å²) in [6.45, 7) is 2.47. The van der Waals surface area contributed by atoms with Gasteiger partial charge < -0.3 is 15.2 Å². The number of aromatic hydroxyl groups is 1. The number of phenols is 1. The van der Waals surface area contributed by atoms with Gasteiger partial charge in [0.1, 0.15) is 18.1 Å². The average Bonchev–Trinajstić information content (AvgIpc) is 2.72. The van der Waals surface area contributed by atoms with Crippen molar-refractivity contribution in [1.29, 1.82) is 0 Å². The van der Waals surface area contributed by atoms with Crippen molar-refractivity contribution < 1.29 is 14.6 Å². The fourth-order valence-corrected chi connectivity index (χ4v) is 3.27. The van der Waals surface area contributed by atoms with Crippen molar-refractivity contribution in [2.75, 3.05) is 5.32 Å². The summed E-state index contributed by atoms with van der Waals surface area (Å²) in [7, 11) is 0. The molecule has 0 fully saturated rings. The Morgan fingerprint density at radius 1 is 1.17 bits per heavy atom. The zero-order valence-electron chi connectivity index (χ0n) is 16.2. The Morgan fingerprint density at radius 2 is 2.03 bits per heavy atom. The van der Waals surface area contributed by atoms with Gasteiger partial charge in [-0.15, -0.1) is 0 Å². The molecular weight excluding hydrogens is 432 g/mol. The first-order valence-electron chi connectivity index (χ1n) is 9.50. The molecule has 1 heterocycles. The molecule has 0 aliphatic rings. The first-order valence-corrected chi connectivity index (χ1v) is 10.3. The maximum Gasteiger partial charge on any atom is 0.255 e. The van der Waals surface area contributed by atoms with Crippen LogP contribution in [0.1, 0.15) is 41.3 Å². The molecule has 0 radical (unpaired) electrons. The van der Waals surface area contributed by atoms with E-state index in [1.165, 1.54) is 0 Å². The van der Waals surface area contributed by atoms with Crippen LogP contribution in [0.5, 0.6) is 11.5 Å². The van der Waals surface area contributed by atoms with Gasteiger partial charge in [-0.05, 0) is 70.7 Å². The van der Waals surface area contributed by atoms with Crippen molar-refractivity contribution in [3.63, 3.8) is 0 Å². The predicted molar refractivity (Wildman–Crippen MR) is 117 cm³/mol. The lowest BCUT2D eigenvalue weighted by Gasteiger charge is -2.11. The van der Waals surface area contributed by atoms with Gasteiger partial charge in [-0.2, -0.15) is 0 Å². The summed E-state index contributed by atoms with van der Waals surface area (Å²) in [6, 6.07) is 14.1. The molecule has 3 aromatic rings. The van der Waals surface area contributed by atoms with E-state index >= 15 is 0 Å². The van der Waals surface area contributed by atoms with E-state index in [0.717, 1.165) is 34.9 Å². The number of aryl methyl sites for hydroxylation is 1. The normalized spacial score (nSPS) is 10.6. The van der Waals surface area contributed by atoms with E-state index in [2.05, 4.69) is 33.2 Å². The van der Waals surface area contributed by atoms with Crippen LogP contribution in [0.2, 0.25) is 0 Å². The molecule has 0 bridgehead atoms. The summed E-state index contributed by atoms with van der Waals surface area (Å²) in [6.07, 6.45) is 6.20. The van der Waals surface area contributed by atoms with Gasteiger partial charge in [0.05, 0.1) is 0 Å². The number of aromatic nitrogens is 1. The molecule has 0 saturated carbocycles. The number of unbranched alkanes of at least 4 members (excludes halogenated alkanes) is 1. The number of nitrogens with zero attached hydrogens (tertiary/aromatic N) is 1. The number of amides is 1. The molecule has 3 rings (SSSR count). The first-order chi connectivity index (χ1) is 14.0. The van der Waals surface area contributed by atoms with Gasteiger partial charge in [0.2, 0.25) is 0 Å². The molecule has 1 aromatic heterocycles. The first kappa shape index (κ1) is 20.9. The molecule has 5 nitrogen and oxygen atoms in total. The number of hydrogen-bond donors (Lipinski definition) is 2. The Balaban J connectivity index is 1.65. The van der Waals surface area contributed by atoms with Crippen LogP contribution in [0, 0.1) is 0 Å².